The summed E-state index contributed by atoms with van der Waals surface area (Å²) in [6.07, 6.45) is 1.80. The number of hydrazine groups is 1. The molecular weight excluding hydrogens is 272 g/mol. The van der Waals surface area contributed by atoms with Gasteiger partial charge >= 0.3 is 0 Å². The van der Waals surface area contributed by atoms with Gasteiger partial charge in [-0.3, -0.25) is 5.43 Å². The molecule has 3 rings (SSSR count). The summed E-state index contributed by atoms with van der Waals surface area (Å²) in [4.78, 5) is 9.73. The normalized spacial score (nSPS) is 11.2. The van der Waals surface area contributed by atoms with Gasteiger partial charge in [-0.1, -0.05) is 13.8 Å². The molecule has 6 nitrogen and oxygen atoms in total. The zero-order valence-electron chi connectivity index (χ0n) is 11.4. The standard InChI is InChI=1S/C13H16N6S/c1-3-8-7-9(4-2)19(18-8)11-10-5-6-20-12(10)16-13(15-11)17-14/h5-7H,3-4,14H2,1-2H3,(H,15,16,17). The van der Waals surface area contributed by atoms with Gasteiger partial charge in [0.25, 0.3) is 0 Å². The Balaban J connectivity index is 2.27. The molecule has 0 aromatic carbocycles. The molecule has 20 heavy (non-hydrogen) atoms. The lowest BCUT2D eigenvalue weighted by Crippen LogP contribution is -2.13. The molecule has 0 radical (unpaired) electrons. The van der Waals surface area contributed by atoms with Crippen LogP contribution in [0.2, 0.25) is 0 Å². The highest BCUT2D eigenvalue weighted by molar-refractivity contribution is 7.16. The number of rotatable bonds is 4. The molecule has 0 fully saturated rings. The number of fused-ring (bicyclic) bond motifs is 1. The predicted octanol–water partition coefficient (Wildman–Crippen LogP) is 2.29. The summed E-state index contributed by atoms with van der Waals surface area (Å²) in [5.41, 5.74) is 4.72. The third-order valence-corrected chi connectivity index (χ3v) is 4.00. The van der Waals surface area contributed by atoms with E-state index in [1.807, 2.05) is 16.1 Å². The quantitative estimate of drug-likeness (QED) is 0.568. The number of nitrogens with two attached hydrogens (primary N) is 1. The molecule has 0 aliphatic heterocycles. The van der Waals surface area contributed by atoms with Crippen LogP contribution in [0.15, 0.2) is 17.5 Å². The van der Waals surface area contributed by atoms with Crippen LogP contribution >= 0.6 is 11.3 Å². The molecule has 3 aromatic heterocycles. The summed E-state index contributed by atoms with van der Waals surface area (Å²) in [5, 5.41) is 7.63. The Kier molecular flexibility index (Phi) is 3.37. The minimum absolute atomic E-state index is 0.408. The Bertz CT molecular complexity index is 744. The van der Waals surface area contributed by atoms with Crippen molar-refractivity contribution in [1.29, 1.82) is 0 Å². The largest absolute Gasteiger partial charge is 0.292 e. The van der Waals surface area contributed by atoms with E-state index in [1.54, 1.807) is 11.3 Å². The van der Waals surface area contributed by atoms with Crippen LogP contribution in [0.4, 0.5) is 5.95 Å². The van der Waals surface area contributed by atoms with Crippen molar-refractivity contribution in [3.63, 3.8) is 0 Å². The zero-order chi connectivity index (χ0) is 14.1. The molecular formula is C13H16N6S. The minimum atomic E-state index is 0.408. The summed E-state index contributed by atoms with van der Waals surface area (Å²) in [7, 11) is 0. The molecule has 0 unspecified atom stereocenters. The van der Waals surface area contributed by atoms with Gasteiger partial charge in [0.15, 0.2) is 5.82 Å². The van der Waals surface area contributed by atoms with Gasteiger partial charge in [0, 0.05) is 5.69 Å². The Hall–Kier alpha value is -1.99. The van der Waals surface area contributed by atoms with Crippen molar-refractivity contribution < 1.29 is 0 Å². The molecule has 0 saturated carbocycles. The second-order valence-electron chi connectivity index (χ2n) is 4.40. The van der Waals surface area contributed by atoms with E-state index < -0.39 is 0 Å². The molecule has 0 aliphatic carbocycles. The van der Waals surface area contributed by atoms with Crippen LogP contribution in [0, 0.1) is 0 Å². The first-order valence-electron chi connectivity index (χ1n) is 6.56. The fourth-order valence-electron chi connectivity index (χ4n) is 2.15. The van der Waals surface area contributed by atoms with Crippen molar-refractivity contribution in [2.24, 2.45) is 5.84 Å². The van der Waals surface area contributed by atoms with E-state index in [-0.39, 0.29) is 0 Å². The minimum Gasteiger partial charge on any atom is -0.292 e. The maximum Gasteiger partial charge on any atom is 0.240 e. The summed E-state index contributed by atoms with van der Waals surface area (Å²) in [6, 6.07) is 4.14. The molecule has 3 N–H and O–H groups in total. The Morgan fingerprint density at radius 2 is 2.15 bits per heavy atom. The lowest BCUT2D eigenvalue weighted by Gasteiger charge is -2.08. The Morgan fingerprint density at radius 3 is 2.85 bits per heavy atom. The smallest absolute Gasteiger partial charge is 0.240 e. The van der Waals surface area contributed by atoms with E-state index in [0.717, 1.165) is 40.3 Å². The van der Waals surface area contributed by atoms with Crippen LogP contribution in [-0.4, -0.2) is 19.7 Å². The van der Waals surface area contributed by atoms with Crippen molar-refractivity contribution in [3.8, 4) is 5.82 Å². The first-order chi connectivity index (χ1) is 9.76. The molecule has 0 atom stereocenters. The Labute approximate surface area is 120 Å². The number of nitrogens with zero attached hydrogens (tertiary/aromatic N) is 4. The molecule has 0 spiro atoms. The van der Waals surface area contributed by atoms with E-state index >= 15 is 0 Å². The number of thiophene rings is 1. The zero-order valence-corrected chi connectivity index (χ0v) is 12.2. The van der Waals surface area contributed by atoms with E-state index in [2.05, 4.69) is 40.4 Å². The summed E-state index contributed by atoms with van der Waals surface area (Å²) in [6.45, 7) is 4.21. The molecule has 0 bridgehead atoms. The van der Waals surface area contributed by atoms with E-state index in [4.69, 9.17) is 5.84 Å². The number of anilines is 1. The van der Waals surface area contributed by atoms with Crippen LogP contribution in [-0.2, 0) is 12.8 Å². The molecule has 0 saturated heterocycles. The van der Waals surface area contributed by atoms with Gasteiger partial charge in [-0.15, -0.1) is 11.3 Å². The first kappa shape index (κ1) is 13.0. The van der Waals surface area contributed by atoms with Gasteiger partial charge in [0.2, 0.25) is 5.95 Å². The highest BCUT2D eigenvalue weighted by Crippen LogP contribution is 2.26. The van der Waals surface area contributed by atoms with Gasteiger partial charge in [-0.05, 0) is 30.4 Å². The Morgan fingerprint density at radius 1 is 1.30 bits per heavy atom. The van der Waals surface area contributed by atoms with Gasteiger partial charge in [0.1, 0.15) is 4.83 Å². The monoisotopic (exact) mass is 288 g/mol. The molecule has 3 aromatic rings. The number of aryl methyl sites for hydroxylation is 2. The summed E-state index contributed by atoms with van der Waals surface area (Å²) in [5.74, 6) is 6.64. The van der Waals surface area contributed by atoms with Crippen LogP contribution < -0.4 is 11.3 Å². The number of hydrogen-bond acceptors (Lipinski definition) is 6. The maximum absolute atomic E-state index is 5.46. The first-order valence-corrected chi connectivity index (χ1v) is 7.44. The lowest BCUT2D eigenvalue weighted by atomic mass is 10.2. The maximum atomic E-state index is 5.46. The van der Waals surface area contributed by atoms with Crippen molar-refractivity contribution in [2.45, 2.75) is 26.7 Å². The highest BCUT2D eigenvalue weighted by Gasteiger charge is 2.14. The predicted molar refractivity (Wildman–Crippen MR) is 81.1 cm³/mol. The molecule has 0 amide bonds. The molecule has 104 valence electrons. The van der Waals surface area contributed by atoms with Crippen molar-refractivity contribution >= 4 is 27.5 Å². The van der Waals surface area contributed by atoms with Crippen LogP contribution in [0.1, 0.15) is 25.2 Å². The third-order valence-electron chi connectivity index (χ3n) is 3.19. The highest BCUT2D eigenvalue weighted by atomic mass is 32.1. The van der Waals surface area contributed by atoms with Crippen LogP contribution in [0.25, 0.3) is 16.0 Å². The number of nitrogen functional groups attached to an aromatic ring is 1. The molecule has 0 aliphatic rings. The van der Waals surface area contributed by atoms with Crippen molar-refractivity contribution in [3.05, 3.63) is 28.9 Å². The molecule has 7 heteroatoms. The van der Waals surface area contributed by atoms with Crippen molar-refractivity contribution in [2.75, 3.05) is 5.43 Å². The average molecular weight is 288 g/mol. The van der Waals surface area contributed by atoms with Crippen LogP contribution in [0.3, 0.4) is 0 Å². The topological polar surface area (TPSA) is 81.7 Å². The third kappa shape index (κ3) is 2.04. The van der Waals surface area contributed by atoms with Crippen molar-refractivity contribution in [1.82, 2.24) is 19.7 Å². The van der Waals surface area contributed by atoms with E-state index in [9.17, 15) is 0 Å². The fraction of sp³-hybridized carbons (Fsp3) is 0.308. The second kappa shape index (κ2) is 5.18. The number of nitrogens with one attached hydrogen (secondary N) is 1. The van der Waals surface area contributed by atoms with E-state index in [1.165, 1.54) is 0 Å². The average Bonchev–Trinajstić information content (AvgIpc) is 3.11. The molecule has 3 heterocycles. The van der Waals surface area contributed by atoms with E-state index in [0.29, 0.717) is 5.95 Å². The number of aromatic nitrogens is 4. The van der Waals surface area contributed by atoms with Gasteiger partial charge in [-0.25, -0.2) is 15.5 Å². The summed E-state index contributed by atoms with van der Waals surface area (Å²) >= 11 is 1.56. The van der Waals surface area contributed by atoms with Gasteiger partial charge in [-0.2, -0.15) is 10.1 Å². The SMILES string of the molecule is CCc1cc(CC)n(-c2nc(NN)nc3sccc23)n1. The summed E-state index contributed by atoms with van der Waals surface area (Å²) < 4.78 is 1.90. The van der Waals surface area contributed by atoms with Gasteiger partial charge < -0.3 is 0 Å². The van der Waals surface area contributed by atoms with Gasteiger partial charge in [0.05, 0.1) is 11.1 Å². The lowest BCUT2D eigenvalue weighted by molar-refractivity contribution is 0.777. The second-order valence-corrected chi connectivity index (χ2v) is 5.30. The number of hydrogen-bond donors (Lipinski definition) is 2. The van der Waals surface area contributed by atoms with Crippen LogP contribution in [0.5, 0.6) is 0 Å². The fourth-order valence-corrected chi connectivity index (χ4v) is 2.91.